The molecule has 0 fully saturated rings. The van der Waals surface area contributed by atoms with Crippen molar-refractivity contribution >= 4 is 19.8 Å². The Kier molecular flexibility index (Phi) is 41.5. The van der Waals surface area contributed by atoms with Crippen molar-refractivity contribution < 1.29 is 37.9 Å². The molecule has 0 aromatic rings. The second kappa shape index (κ2) is 42.9. The van der Waals surface area contributed by atoms with Gasteiger partial charge in [0.05, 0.1) is 6.61 Å². The van der Waals surface area contributed by atoms with Crippen molar-refractivity contribution in [2.45, 2.75) is 238 Å². The predicted molar refractivity (Wildman–Crippen MR) is 235 cm³/mol. The Morgan fingerprint density at radius 2 is 0.804 bits per heavy atom. The molecular weight excluding hydrogens is 723 g/mol. The van der Waals surface area contributed by atoms with Gasteiger partial charge >= 0.3 is 19.8 Å². The Morgan fingerprint density at radius 1 is 0.464 bits per heavy atom. The lowest BCUT2D eigenvalue weighted by Gasteiger charge is -2.18. The van der Waals surface area contributed by atoms with Gasteiger partial charge in [0.25, 0.3) is 0 Å². The maximum atomic E-state index is 12.4. The smallest absolute Gasteiger partial charge is 0.462 e. The molecule has 0 bridgehead atoms. The summed E-state index contributed by atoms with van der Waals surface area (Å²) in [4.78, 5) is 43.0. The average molecular weight is 811 g/mol. The van der Waals surface area contributed by atoms with Crippen molar-refractivity contribution in [3.63, 3.8) is 0 Å². The standard InChI is InChI=1S/C47H87O8P/c1-3-5-7-9-11-13-15-17-19-21-22-23-24-26-27-29-31-33-35-37-39-41-46(48)53-43-45(44-54-56(50,51)52)55-47(49)42-40-38-36-34-32-30-28-25-20-18-16-14-12-10-8-6-4-2/h12,14,17-20,45H,3-11,13,15-16,21-44H2,1-2H3,(H2,50,51,52)/b14-12+,19-17+,20-18+/t45-/m1/s1. The summed E-state index contributed by atoms with van der Waals surface area (Å²) >= 11 is 0. The minimum absolute atomic E-state index is 0.204. The van der Waals surface area contributed by atoms with Crippen LogP contribution >= 0.6 is 7.82 Å². The van der Waals surface area contributed by atoms with Gasteiger partial charge in [-0.05, 0) is 70.6 Å². The van der Waals surface area contributed by atoms with Gasteiger partial charge in [-0.1, -0.05) is 185 Å². The summed E-state index contributed by atoms with van der Waals surface area (Å²) in [5.41, 5.74) is 0. The summed E-state index contributed by atoms with van der Waals surface area (Å²) in [6.07, 6.45) is 51.5. The molecule has 0 unspecified atom stereocenters. The number of carbonyl (C=O) groups excluding carboxylic acids is 2. The van der Waals surface area contributed by atoms with Crippen molar-refractivity contribution in [2.24, 2.45) is 0 Å². The Labute approximate surface area is 344 Å². The summed E-state index contributed by atoms with van der Waals surface area (Å²) < 4.78 is 26.5. The van der Waals surface area contributed by atoms with Gasteiger partial charge in [0.2, 0.25) is 0 Å². The molecule has 0 aliphatic heterocycles. The quantitative estimate of drug-likeness (QED) is 0.0270. The third-order valence-corrected chi connectivity index (χ3v) is 10.6. The first-order valence-electron chi connectivity index (χ1n) is 23.3. The van der Waals surface area contributed by atoms with E-state index in [-0.39, 0.29) is 19.4 Å². The molecule has 0 aromatic heterocycles. The summed E-state index contributed by atoms with van der Waals surface area (Å²) in [5.74, 6) is -0.887. The number of ether oxygens (including phenoxy) is 2. The third kappa shape index (κ3) is 45.0. The lowest BCUT2D eigenvalue weighted by Crippen LogP contribution is -2.29. The highest BCUT2D eigenvalue weighted by Gasteiger charge is 2.23. The van der Waals surface area contributed by atoms with E-state index in [0.29, 0.717) is 6.42 Å². The molecule has 2 N–H and O–H groups in total. The van der Waals surface area contributed by atoms with Crippen LogP contribution in [-0.4, -0.2) is 41.0 Å². The first-order chi connectivity index (χ1) is 27.3. The lowest BCUT2D eigenvalue weighted by molar-refractivity contribution is -0.161. The van der Waals surface area contributed by atoms with E-state index in [9.17, 15) is 14.2 Å². The number of hydrogen-bond acceptors (Lipinski definition) is 6. The van der Waals surface area contributed by atoms with Gasteiger partial charge in [0.15, 0.2) is 6.10 Å². The molecule has 0 heterocycles. The van der Waals surface area contributed by atoms with Gasteiger partial charge in [-0.15, -0.1) is 0 Å². The fraction of sp³-hybridized carbons (Fsp3) is 0.830. The third-order valence-electron chi connectivity index (χ3n) is 10.1. The Hall–Kier alpha value is -1.73. The van der Waals surface area contributed by atoms with E-state index in [1.54, 1.807) is 0 Å². The summed E-state index contributed by atoms with van der Waals surface area (Å²) in [7, 11) is -4.76. The SMILES string of the molecule is CCCCC/C=C/C/C=C/CCCCCCCCCC(=O)O[C@H](COC(=O)CCCCCCCCCCCCC/C=C/CCCCCCCC)COP(=O)(O)O. The predicted octanol–water partition coefficient (Wildman–Crippen LogP) is 14.5. The fourth-order valence-electron chi connectivity index (χ4n) is 6.63. The van der Waals surface area contributed by atoms with Gasteiger partial charge in [-0.25, -0.2) is 4.57 Å². The van der Waals surface area contributed by atoms with Crippen molar-refractivity contribution in [3.8, 4) is 0 Å². The van der Waals surface area contributed by atoms with Crippen LogP contribution in [0.1, 0.15) is 232 Å². The van der Waals surface area contributed by atoms with E-state index < -0.39 is 32.5 Å². The Morgan fingerprint density at radius 3 is 1.23 bits per heavy atom. The number of allylic oxidation sites excluding steroid dienone is 6. The lowest BCUT2D eigenvalue weighted by atomic mass is 10.0. The zero-order valence-electron chi connectivity index (χ0n) is 36.3. The second-order valence-electron chi connectivity index (χ2n) is 15.7. The van der Waals surface area contributed by atoms with Crippen LogP contribution in [0.4, 0.5) is 0 Å². The van der Waals surface area contributed by atoms with Crippen molar-refractivity contribution in [2.75, 3.05) is 13.2 Å². The van der Waals surface area contributed by atoms with Crippen LogP contribution in [0.5, 0.6) is 0 Å². The van der Waals surface area contributed by atoms with Crippen LogP contribution < -0.4 is 0 Å². The van der Waals surface area contributed by atoms with Crippen LogP contribution in [-0.2, 0) is 28.2 Å². The second-order valence-corrected chi connectivity index (χ2v) is 17.0. The average Bonchev–Trinajstić information content (AvgIpc) is 3.17. The molecule has 8 nitrogen and oxygen atoms in total. The van der Waals surface area contributed by atoms with Crippen LogP contribution in [0.2, 0.25) is 0 Å². The molecule has 0 aromatic carbocycles. The highest BCUT2D eigenvalue weighted by atomic mass is 31.2. The van der Waals surface area contributed by atoms with Crippen molar-refractivity contribution in [3.05, 3.63) is 36.5 Å². The first kappa shape index (κ1) is 54.3. The Balaban J connectivity index is 3.85. The van der Waals surface area contributed by atoms with Gasteiger partial charge in [-0.3, -0.25) is 14.1 Å². The highest BCUT2D eigenvalue weighted by molar-refractivity contribution is 7.46. The molecule has 0 spiro atoms. The van der Waals surface area contributed by atoms with E-state index in [4.69, 9.17) is 19.3 Å². The van der Waals surface area contributed by atoms with Gasteiger partial charge in [0, 0.05) is 12.8 Å². The van der Waals surface area contributed by atoms with E-state index >= 15 is 0 Å². The van der Waals surface area contributed by atoms with Gasteiger partial charge in [-0.2, -0.15) is 0 Å². The van der Waals surface area contributed by atoms with Gasteiger partial charge < -0.3 is 19.3 Å². The molecule has 0 saturated carbocycles. The zero-order valence-corrected chi connectivity index (χ0v) is 37.2. The van der Waals surface area contributed by atoms with Crippen LogP contribution in [0.25, 0.3) is 0 Å². The largest absolute Gasteiger partial charge is 0.469 e. The first-order valence-corrected chi connectivity index (χ1v) is 24.8. The number of rotatable bonds is 43. The molecule has 0 radical (unpaired) electrons. The van der Waals surface area contributed by atoms with Crippen LogP contribution in [0, 0.1) is 0 Å². The van der Waals surface area contributed by atoms with E-state index in [2.05, 4.69) is 54.8 Å². The van der Waals surface area contributed by atoms with Crippen molar-refractivity contribution in [1.29, 1.82) is 0 Å². The van der Waals surface area contributed by atoms with Crippen molar-refractivity contribution in [1.82, 2.24) is 0 Å². The number of hydrogen-bond donors (Lipinski definition) is 2. The molecule has 0 aliphatic carbocycles. The molecule has 0 aliphatic rings. The highest BCUT2D eigenvalue weighted by Crippen LogP contribution is 2.36. The number of carbonyl (C=O) groups is 2. The molecule has 9 heteroatoms. The van der Waals surface area contributed by atoms with E-state index in [1.807, 2.05) is 0 Å². The van der Waals surface area contributed by atoms with Gasteiger partial charge in [0.1, 0.15) is 6.61 Å². The topological polar surface area (TPSA) is 119 Å². The molecule has 0 amide bonds. The number of phosphoric ester groups is 1. The number of phosphoric acid groups is 1. The summed E-state index contributed by atoms with van der Waals surface area (Å²) in [5, 5.41) is 0. The summed E-state index contributed by atoms with van der Waals surface area (Å²) in [6.45, 7) is 3.67. The normalized spacial score (nSPS) is 12.7. The van der Waals surface area contributed by atoms with E-state index in [1.165, 1.54) is 148 Å². The minimum atomic E-state index is -4.76. The summed E-state index contributed by atoms with van der Waals surface area (Å²) in [6, 6.07) is 0. The molecule has 0 saturated heterocycles. The van der Waals surface area contributed by atoms with E-state index in [0.717, 1.165) is 51.4 Å². The maximum absolute atomic E-state index is 12.4. The van der Waals surface area contributed by atoms with Crippen LogP contribution in [0.15, 0.2) is 36.5 Å². The molecule has 0 rings (SSSR count). The molecule has 1 atom stereocenters. The number of unbranched alkanes of at least 4 members (excludes halogenated alkanes) is 27. The zero-order chi connectivity index (χ0) is 41.1. The Bertz CT molecular complexity index is 1000. The number of esters is 2. The maximum Gasteiger partial charge on any atom is 0.469 e. The monoisotopic (exact) mass is 811 g/mol. The molecule has 328 valence electrons. The minimum Gasteiger partial charge on any atom is -0.462 e. The molecule has 56 heavy (non-hydrogen) atoms. The molecular formula is C47H87O8P. The fourth-order valence-corrected chi connectivity index (χ4v) is 6.99. The van der Waals surface area contributed by atoms with Crippen LogP contribution in [0.3, 0.4) is 0 Å².